The molecule has 1 amide bonds. The predicted octanol–water partition coefficient (Wildman–Crippen LogP) is 5.19. The van der Waals surface area contributed by atoms with Crippen LogP contribution in [0.15, 0.2) is 57.7 Å². The van der Waals surface area contributed by atoms with Crippen molar-refractivity contribution < 1.29 is 28.2 Å². The van der Waals surface area contributed by atoms with Gasteiger partial charge in [0.1, 0.15) is 11.3 Å². The van der Waals surface area contributed by atoms with Crippen LogP contribution in [0.4, 0.5) is 0 Å². The molecule has 196 valence electrons. The van der Waals surface area contributed by atoms with Crippen molar-refractivity contribution in [3.63, 3.8) is 0 Å². The van der Waals surface area contributed by atoms with Crippen molar-refractivity contribution in [3.8, 4) is 23.0 Å². The molecule has 0 aliphatic carbocycles. The van der Waals surface area contributed by atoms with Crippen molar-refractivity contribution in [1.82, 2.24) is 4.90 Å². The number of carbonyl (C=O) groups is 1. The van der Waals surface area contributed by atoms with Crippen LogP contribution in [0.2, 0.25) is 0 Å². The average molecular weight is 516 g/mol. The number of hydrogen-bond acceptors (Lipinski definition) is 7. The normalized spacial score (nSPS) is 14.5. The molecule has 8 nitrogen and oxygen atoms in total. The molecule has 2 heterocycles. The van der Waals surface area contributed by atoms with E-state index in [2.05, 4.69) is 0 Å². The van der Waals surface area contributed by atoms with Gasteiger partial charge in [-0.25, -0.2) is 0 Å². The van der Waals surface area contributed by atoms with Gasteiger partial charge in [0.15, 0.2) is 16.9 Å². The van der Waals surface area contributed by atoms with E-state index in [0.29, 0.717) is 39.5 Å². The quantitative estimate of drug-likeness (QED) is 0.335. The first-order valence-electron chi connectivity index (χ1n) is 12.1. The molecule has 3 aromatic carbocycles. The van der Waals surface area contributed by atoms with Gasteiger partial charge in [0.2, 0.25) is 11.5 Å². The zero-order valence-electron chi connectivity index (χ0n) is 22.2. The lowest BCUT2D eigenvalue weighted by atomic mass is 9.96. The van der Waals surface area contributed by atoms with Crippen LogP contribution in [-0.2, 0) is 6.54 Å². The SMILES string of the molecule is COc1ccc(CN2C(=O)c3oc4cc(C)c(C)cc4c(=O)c3C2c2cc(OC)c(OC)c(OC)c2)cc1. The number of hydrogen-bond donors (Lipinski definition) is 0. The van der Waals surface area contributed by atoms with Gasteiger partial charge in [0.25, 0.3) is 5.91 Å². The summed E-state index contributed by atoms with van der Waals surface area (Å²) in [6.07, 6.45) is 0. The fourth-order valence-corrected chi connectivity index (χ4v) is 4.97. The van der Waals surface area contributed by atoms with E-state index in [1.165, 1.54) is 21.3 Å². The van der Waals surface area contributed by atoms with Crippen molar-refractivity contribution in [2.75, 3.05) is 28.4 Å². The van der Waals surface area contributed by atoms with Crippen LogP contribution >= 0.6 is 0 Å². The molecule has 1 aliphatic rings. The Morgan fingerprint density at radius 3 is 2.03 bits per heavy atom. The summed E-state index contributed by atoms with van der Waals surface area (Å²) in [5, 5.41) is 0.434. The van der Waals surface area contributed by atoms with E-state index in [9.17, 15) is 9.59 Å². The van der Waals surface area contributed by atoms with Gasteiger partial charge in [0.05, 0.1) is 45.4 Å². The number of amides is 1. The van der Waals surface area contributed by atoms with Gasteiger partial charge in [-0.1, -0.05) is 12.1 Å². The van der Waals surface area contributed by atoms with Gasteiger partial charge in [-0.2, -0.15) is 0 Å². The van der Waals surface area contributed by atoms with Crippen molar-refractivity contribution in [1.29, 1.82) is 0 Å². The van der Waals surface area contributed by atoms with E-state index in [0.717, 1.165) is 16.7 Å². The summed E-state index contributed by atoms with van der Waals surface area (Å²) < 4.78 is 28.1. The molecule has 0 saturated heterocycles. The highest BCUT2D eigenvalue weighted by molar-refractivity contribution is 5.99. The van der Waals surface area contributed by atoms with E-state index in [4.69, 9.17) is 23.4 Å². The zero-order chi connectivity index (χ0) is 27.1. The molecule has 4 aromatic rings. The first kappa shape index (κ1) is 25.2. The van der Waals surface area contributed by atoms with E-state index in [-0.39, 0.29) is 29.2 Å². The number of benzene rings is 3. The average Bonchev–Trinajstić information content (AvgIpc) is 3.20. The number of rotatable bonds is 7. The molecular weight excluding hydrogens is 486 g/mol. The largest absolute Gasteiger partial charge is 0.497 e. The monoisotopic (exact) mass is 515 g/mol. The molecule has 0 saturated carbocycles. The number of nitrogens with zero attached hydrogens (tertiary/aromatic N) is 1. The highest BCUT2D eigenvalue weighted by Gasteiger charge is 2.43. The standard InChI is InChI=1S/C30H29NO7/c1-16-11-21-22(12-17(16)2)38-29-25(27(21)32)26(19-13-23(35-4)28(37-6)24(14-19)36-5)31(30(29)33)15-18-7-9-20(34-3)10-8-18/h7-14,26H,15H2,1-6H3. The van der Waals surface area contributed by atoms with E-state index >= 15 is 0 Å². The lowest BCUT2D eigenvalue weighted by molar-refractivity contribution is 0.0714. The molecule has 8 heteroatoms. The van der Waals surface area contributed by atoms with Crippen molar-refractivity contribution in [3.05, 3.63) is 92.3 Å². The minimum atomic E-state index is -0.740. The summed E-state index contributed by atoms with van der Waals surface area (Å²) in [6.45, 7) is 4.12. The molecule has 0 radical (unpaired) electrons. The third-order valence-corrected chi connectivity index (χ3v) is 7.10. The second kappa shape index (κ2) is 9.78. The van der Waals surface area contributed by atoms with Gasteiger partial charge in [-0.3, -0.25) is 9.59 Å². The highest BCUT2D eigenvalue weighted by atomic mass is 16.5. The first-order valence-corrected chi connectivity index (χ1v) is 12.1. The maximum atomic E-state index is 14.0. The summed E-state index contributed by atoms with van der Waals surface area (Å²) in [5.41, 5.74) is 3.88. The molecule has 0 N–H and O–H groups in total. The maximum absolute atomic E-state index is 14.0. The van der Waals surface area contributed by atoms with E-state index < -0.39 is 6.04 Å². The number of methoxy groups -OCH3 is 4. The van der Waals surface area contributed by atoms with Gasteiger partial charge >= 0.3 is 0 Å². The third kappa shape index (κ3) is 4.02. The Labute approximate surface area is 220 Å². The molecular formula is C30H29NO7. The molecule has 0 fully saturated rings. The molecule has 1 atom stereocenters. The fourth-order valence-electron chi connectivity index (χ4n) is 4.97. The lowest BCUT2D eigenvalue weighted by Crippen LogP contribution is -2.29. The van der Waals surface area contributed by atoms with Crippen LogP contribution in [0.3, 0.4) is 0 Å². The Balaban J connectivity index is 1.75. The predicted molar refractivity (Wildman–Crippen MR) is 143 cm³/mol. The van der Waals surface area contributed by atoms with Gasteiger partial charge < -0.3 is 28.3 Å². The topological polar surface area (TPSA) is 87.4 Å². The number of fused-ring (bicyclic) bond motifs is 2. The molecule has 5 rings (SSSR count). The van der Waals surface area contributed by atoms with Gasteiger partial charge in [-0.05, 0) is 72.5 Å². The molecule has 0 spiro atoms. The summed E-state index contributed by atoms with van der Waals surface area (Å²) in [5.74, 6) is 1.64. The minimum Gasteiger partial charge on any atom is -0.497 e. The van der Waals surface area contributed by atoms with Gasteiger partial charge in [0, 0.05) is 6.54 Å². The molecule has 1 aromatic heterocycles. The highest BCUT2D eigenvalue weighted by Crippen LogP contribution is 2.45. The second-order valence-electron chi connectivity index (χ2n) is 9.25. The lowest BCUT2D eigenvalue weighted by Gasteiger charge is -2.26. The number of aryl methyl sites for hydroxylation is 2. The van der Waals surface area contributed by atoms with Crippen LogP contribution in [-0.4, -0.2) is 39.2 Å². The molecule has 0 bridgehead atoms. The van der Waals surface area contributed by atoms with Gasteiger partial charge in [-0.15, -0.1) is 0 Å². The summed E-state index contributed by atoms with van der Waals surface area (Å²) in [6, 6.07) is 13.9. The number of carbonyl (C=O) groups excluding carboxylic acids is 1. The third-order valence-electron chi connectivity index (χ3n) is 7.10. The van der Waals surface area contributed by atoms with E-state index in [1.54, 1.807) is 30.2 Å². The molecule has 1 aliphatic heterocycles. The molecule has 38 heavy (non-hydrogen) atoms. The van der Waals surface area contributed by atoms with E-state index in [1.807, 2.05) is 44.2 Å². The maximum Gasteiger partial charge on any atom is 0.291 e. The smallest absolute Gasteiger partial charge is 0.291 e. The zero-order valence-corrected chi connectivity index (χ0v) is 22.2. The van der Waals surface area contributed by atoms with Crippen LogP contribution in [0, 0.1) is 13.8 Å². The minimum absolute atomic E-state index is 0.0398. The summed E-state index contributed by atoms with van der Waals surface area (Å²) >= 11 is 0. The Kier molecular flexibility index (Phi) is 6.48. The number of ether oxygens (including phenoxy) is 4. The van der Waals surface area contributed by atoms with Crippen molar-refractivity contribution >= 4 is 16.9 Å². The molecule has 1 unspecified atom stereocenters. The van der Waals surface area contributed by atoms with Crippen molar-refractivity contribution in [2.45, 2.75) is 26.4 Å². The van der Waals surface area contributed by atoms with Crippen LogP contribution < -0.4 is 24.4 Å². The van der Waals surface area contributed by atoms with Crippen LogP contribution in [0.25, 0.3) is 11.0 Å². The Hall–Kier alpha value is -4.46. The van der Waals surface area contributed by atoms with Crippen molar-refractivity contribution in [2.24, 2.45) is 0 Å². The summed E-state index contributed by atoms with van der Waals surface area (Å²) in [4.78, 5) is 29.5. The fraction of sp³-hybridized carbons (Fsp3) is 0.267. The second-order valence-corrected chi connectivity index (χ2v) is 9.25. The first-order chi connectivity index (χ1) is 18.3. The summed E-state index contributed by atoms with van der Waals surface area (Å²) in [7, 11) is 6.17. The Morgan fingerprint density at radius 2 is 1.45 bits per heavy atom. The Bertz CT molecular complexity index is 1580. The van der Waals surface area contributed by atoms with Crippen LogP contribution in [0.5, 0.6) is 23.0 Å². The Morgan fingerprint density at radius 1 is 0.816 bits per heavy atom. The van der Waals surface area contributed by atoms with Crippen LogP contribution in [0.1, 0.15) is 44.4 Å².